The van der Waals surface area contributed by atoms with E-state index in [1.54, 1.807) is 54.6 Å². The van der Waals surface area contributed by atoms with Crippen molar-refractivity contribution < 1.29 is 18.8 Å². The summed E-state index contributed by atoms with van der Waals surface area (Å²) in [7, 11) is 0. The molecule has 1 aromatic heterocycles. The van der Waals surface area contributed by atoms with E-state index in [4.69, 9.17) is 4.42 Å². The Morgan fingerprint density at radius 1 is 0.692 bits per heavy atom. The summed E-state index contributed by atoms with van der Waals surface area (Å²) in [5.74, 6) is -1.44. The van der Waals surface area contributed by atoms with Crippen LogP contribution in [0.2, 0.25) is 0 Å². The fourth-order valence-corrected chi connectivity index (χ4v) is 2.22. The normalized spacial score (nSPS) is 10.0. The van der Waals surface area contributed by atoms with Gasteiger partial charge in [-0.25, -0.2) is 0 Å². The van der Waals surface area contributed by atoms with Gasteiger partial charge in [0.2, 0.25) is 0 Å². The minimum absolute atomic E-state index is 0.0657. The molecule has 7 heteroatoms. The zero-order chi connectivity index (χ0) is 18.4. The summed E-state index contributed by atoms with van der Waals surface area (Å²) in [6, 6.07) is 18.2. The maximum Gasteiger partial charge on any atom is 0.305 e. The number of para-hydroxylation sites is 1. The molecule has 0 atom stereocenters. The van der Waals surface area contributed by atoms with Crippen molar-refractivity contribution in [3.05, 3.63) is 89.9 Å². The maximum atomic E-state index is 12.3. The lowest BCUT2D eigenvalue weighted by molar-refractivity contribution is 0.0831. The summed E-state index contributed by atoms with van der Waals surface area (Å²) in [6.45, 7) is 0. The van der Waals surface area contributed by atoms with Gasteiger partial charge in [0.1, 0.15) is 0 Å². The molecule has 0 bridgehead atoms. The number of nitrogens with one attached hydrogen (secondary N) is 3. The van der Waals surface area contributed by atoms with Gasteiger partial charge < -0.3 is 9.73 Å². The zero-order valence-electron chi connectivity index (χ0n) is 13.6. The zero-order valence-corrected chi connectivity index (χ0v) is 13.6. The molecule has 2 aromatic carbocycles. The number of rotatable bonds is 4. The quantitative estimate of drug-likeness (QED) is 0.630. The number of hydrazine groups is 1. The van der Waals surface area contributed by atoms with Crippen LogP contribution in [-0.4, -0.2) is 17.7 Å². The van der Waals surface area contributed by atoms with E-state index in [1.165, 1.54) is 18.4 Å². The Morgan fingerprint density at radius 2 is 1.38 bits per heavy atom. The second-order valence-corrected chi connectivity index (χ2v) is 5.25. The van der Waals surface area contributed by atoms with Gasteiger partial charge in [-0.05, 0) is 36.4 Å². The Bertz CT molecular complexity index is 921. The number of hydrogen-bond acceptors (Lipinski definition) is 4. The minimum Gasteiger partial charge on any atom is -0.459 e. The average Bonchev–Trinajstić information content (AvgIpc) is 3.22. The lowest BCUT2D eigenvalue weighted by Crippen LogP contribution is -2.41. The maximum absolute atomic E-state index is 12.3. The third-order valence-corrected chi connectivity index (χ3v) is 3.49. The predicted molar refractivity (Wildman–Crippen MR) is 94.5 cm³/mol. The van der Waals surface area contributed by atoms with E-state index in [2.05, 4.69) is 16.2 Å². The van der Waals surface area contributed by atoms with Crippen molar-refractivity contribution >= 4 is 23.4 Å². The average molecular weight is 349 g/mol. The van der Waals surface area contributed by atoms with Gasteiger partial charge in [-0.1, -0.05) is 30.3 Å². The highest BCUT2D eigenvalue weighted by Crippen LogP contribution is 2.16. The van der Waals surface area contributed by atoms with Gasteiger partial charge in [-0.2, -0.15) is 0 Å². The molecular weight excluding hydrogens is 334 g/mol. The Labute approximate surface area is 149 Å². The van der Waals surface area contributed by atoms with Crippen LogP contribution in [0.25, 0.3) is 0 Å². The highest BCUT2D eigenvalue weighted by molar-refractivity contribution is 6.09. The number of amides is 3. The first-order valence-electron chi connectivity index (χ1n) is 7.75. The fraction of sp³-hybridized carbons (Fsp3) is 0. The first kappa shape index (κ1) is 17.0. The van der Waals surface area contributed by atoms with Gasteiger partial charge in [0.15, 0.2) is 5.76 Å². The summed E-state index contributed by atoms with van der Waals surface area (Å²) in [4.78, 5) is 36.4. The van der Waals surface area contributed by atoms with Crippen molar-refractivity contribution in [3.8, 4) is 0 Å². The van der Waals surface area contributed by atoms with Crippen molar-refractivity contribution in [3.63, 3.8) is 0 Å². The monoisotopic (exact) mass is 349 g/mol. The summed E-state index contributed by atoms with van der Waals surface area (Å²) >= 11 is 0. The number of carbonyl (C=O) groups excluding carboxylic acids is 3. The Balaban J connectivity index is 1.69. The van der Waals surface area contributed by atoms with Gasteiger partial charge in [0.25, 0.3) is 11.8 Å². The molecule has 130 valence electrons. The van der Waals surface area contributed by atoms with Crippen molar-refractivity contribution in [2.75, 3.05) is 5.32 Å². The lowest BCUT2D eigenvalue weighted by atomic mass is 10.1. The predicted octanol–water partition coefficient (Wildman–Crippen LogP) is 2.61. The van der Waals surface area contributed by atoms with Crippen molar-refractivity contribution in [2.24, 2.45) is 0 Å². The molecule has 1 heterocycles. The van der Waals surface area contributed by atoms with Crippen LogP contribution >= 0.6 is 0 Å². The summed E-state index contributed by atoms with van der Waals surface area (Å²) in [6.07, 6.45) is 1.35. The highest BCUT2D eigenvalue weighted by Gasteiger charge is 2.15. The van der Waals surface area contributed by atoms with Gasteiger partial charge in [-0.3, -0.25) is 25.2 Å². The molecule has 3 amide bonds. The molecule has 26 heavy (non-hydrogen) atoms. The Hall–Kier alpha value is -3.87. The molecule has 0 aliphatic heterocycles. The largest absolute Gasteiger partial charge is 0.459 e. The van der Waals surface area contributed by atoms with Crippen molar-refractivity contribution in [2.45, 2.75) is 0 Å². The molecule has 0 aliphatic carbocycles. The summed E-state index contributed by atoms with van der Waals surface area (Å²) < 4.78 is 4.94. The van der Waals surface area contributed by atoms with Gasteiger partial charge in [0, 0.05) is 5.56 Å². The third-order valence-electron chi connectivity index (χ3n) is 3.49. The number of furan rings is 1. The summed E-state index contributed by atoms with van der Waals surface area (Å²) in [5, 5.41) is 2.69. The van der Waals surface area contributed by atoms with Crippen LogP contribution in [0.5, 0.6) is 0 Å². The first-order chi connectivity index (χ1) is 12.6. The molecule has 0 saturated carbocycles. The SMILES string of the molecule is O=C(Nc1ccccc1C(=O)NNC(=O)c1ccco1)c1ccccc1. The van der Waals surface area contributed by atoms with Crippen molar-refractivity contribution in [1.29, 1.82) is 0 Å². The van der Waals surface area contributed by atoms with Gasteiger partial charge >= 0.3 is 5.91 Å². The lowest BCUT2D eigenvalue weighted by Gasteiger charge is -2.11. The molecule has 0 fully saturated rings. The van der Waals surface area contributed by atoms with E-state index in [0.29, 0.717) is 11.3 Å². The Morgan fingerprint density at radius 3 is 2.12 bits per heavy atom. The highest BCUT2D eigenvalue weighted by atomic mass is 16.3. The number of carbonyl (C=O) groups is 3. The van der Waals surface area contributed by atoms with Crippen LogP contribution in [0.1, 0.15) is 31.3 Å². The number of anilines is 1. The van der Waals surface area contributed by atoms with E-state index in [-0.39, 0.29) is 17.2 Å². The van der Waals surface area contributed by atoms with Crippen LogP contribution in [0, 0.1) is 0 Å². The van der Waals surface area contributed by atoms with Crippen LogP contribution in [0.3, 0.4) is 0 Å². The van der Waals surface area contributed by atoms with Crippen LogP contribution < -0.4 is 16.2 Å². The number of benzene rings is 2. The second-order valence-electron chi connectivity index (χ2n) is 5.25. The molecule has 7 nitrogen and oxygen atoms in total. The van der Waals surface area contributed by atoms with E-state index in [0.717, 1.165) is 0 Å². The molecular formula is C19H15N3O4. The molecule has 0 unspecified atom stereocenters. The van der Waals surface area contributed by atoms with Crippen molar-refractivity contribution in [1.82, 2.24) is 10.9 Å². The van der Waals surface area contributed by atoms with Crippen LogP contribution in [0.15, 0.2) is 77.4 Å². The van der Waals surface area contributed by atoms with E-state index >= 15 is 0 Å². The van der Waals surface area contributed by atoms with Gasteiger partial charge in [0.05, 0.1) is 17.5 Å². The smallest absolute Gasteiger partial charge is 0.305 e. The first-order valence-corrected chi connectivity index (χ1v) is 7.75. The molecule has 0 aliphatic rings. The number of hydrogen-bond donors (Lipinski definition) is 3. The van der Waals surface area contributed by atoms with E-state index < -0.39 is 11.8 Å². The van der Waals surface area contributed by atoms with E-state index in [1.807, 2.05) is 0 Å². The molecule has 3 aromatic rings. The standard InChI is InChI=1S/C19H15N3O4/c23-17(13-7-2-1-3-8-13)20-15-10-5-4-9-14(15)18(24)21-22-19(25)16-11-6-12-26-16/h1-12H,(H,20,23)(H,21,24)(H,22,25). The molecule has 0 radical (unpaired) electrons. The molecule has 0 saturated heterocycles. The fourth-order valence-electron chi connectivity index (χ4n) is 2.22. The van der Waals surface area contributed by atoms with Crippen LogP contribution in [0.4, 0.5) is 5.69 Å². The van der Waals surface area contributed by atoms with Crippen LogP contribution in [-0.2, 0) is 0 Å². The van der Waals surface area contributed by atoms with Gasteiger partial charge in [-0.15, -0.1) is 0 Å². The molecule has 3 N–H and O–H groups in total. The molecule has 0 spiro atoms. The van der Waals surface area contributed by atoms with E-state index in [9.17, 15) is 14.4 Å². The minimum atomic E-state index is -0.589. The second kappa shape index (κ2) is 7.80. The topological polar surface area (TPSA) is 100 Å². The third kappa shape index (κ3) is 3.96. The molecule has 3 rings (SSSR count). The Kier molecular flexibility index (Phi) is 5.09. The summed E-state index contributed by atoms with van der Waals surface area (Å²) in [5.41, 5.74) is 5.54.